The van der Waals surface area contributed by atoms with Crippen molar-refractivity contribution >= 4 is 0 Å². The molecule has 0 bridgehead atoms. The van der Waals surface area contributed by atoms with Crippen molar-refractivity contribution in [3.05, 3.63) is 11.6 Å². The quantitative estimate of drug-likeness (QED) is 0.676. The van der Waals surface area contributed by atoms with Crippen LogP contribution in [0.3, 0.4) is 0 Å². The zero-order chi connectivity index (χ0) is 13.5. The number of ether oxygens (including phenoxy) is 1. The summed E-state index contributed by atoms with van der Waals surface area (Å²) in [7, 11) is 2.29. The average molecular weight is 263 g/mol. The SMILES string of the molecule is CC(C)OCC1(CCC2=CCC3(CCN3C)C2)CC1. The van der Waals surface area contributed by atoms with Gasteiger partial charge in [-0.15, -0.1) is 0 Å². The van der Waals surface area contributed by atoms with Crippen molar-refractivity contribution in [1.82, 2.24) is 4.90 Å². The molecular formula is C17H29NO. The number of hydrogen-bond acceptors (Lipinski definition) is 2. The van der Waals surface area contributed by atoms with Crippen molar-refractivity contribution in [3.63, 3.8) is 0 Å². The minimum absolute atomic E-state index is 0.384. The lowest BCUT2D eigenvalue weighted by Crippen LogP contribution is -2.56. The summed E-state index contributed by atoms with van der Waals surface area (Å²) in [5.74, 6) is 0. The number of likely N-dealkylation sites (tertiary alicyclic amines) is 1. The van der Waals surface area contributed by atoms with Crippen molar-refractivity contribution in [2.24, 2.45) is 5.41 Å². The van der Waals surface area contributed by atoms with Crippen LogP contribution < -0.4 is 0 Å². The molecule has 2 fully saturated rings. The molecule has 1 unspecified atom stereocenters. The maximum absolute atomic E-state index is 5.85. The van der Waals surface area contributed by atoms with Gasteiger partial charge in [0, 0.05) is 12.1 Å². The lowest BCUT2D eigenvalue weighted by molar-refractivity contribution is 0.0202. The summed E-state index contributed by atoms with van der Waals surface area (Å²) < 4.78 is 5.85. The third-order valence-corrected chi connectivity index (χ3v) is 5.71. The zero-order valence-corrected chi connectivity index (χ0v) is 12.9. The Morgan fingerprint density at radius 3 is 2.58 bits per heavy atom. The molecule has 0 radical (unpaired) electrons. The van der Waals surface area contributed by atoms with E-state index in [9.17, 15) is 0 Å². The molecule has 0 aromatic rings. The second-order valence-corrected chi connectivity index (χ2v) is 7.50. The van der Waals surface area contributed by atoms with Crippen molar-refractivity contribution in [1.29, 1.82) is 0 Å². The van der Waals surface area contributed by atoms with Crippen LogP contribution in [0, 0.1) is 5.41 Å². The Morgan fingerprint density at radius 2 is 2.11 bits per heavy atom. The van der Waals surface area contributed by atoms with Crippen LogP contribution in [-0.4, -0.2) is 36.7 Å². The molecule has 1 aliphatic heterocycles. The fourth-order valence-electron chi connectivity index (χ4n) is 3.64. The van der Waals surface area contributed by atoms with Gasteiger partial charge in [0.1, 0.15) is 0 Å². The largest absolute Gasteiger partial charge is 0.378 e. The van der Waals surface area contributed by atoms with Crippen LogP contribution in [0.1, 0.15) is 58.8 Å². The van der Waals surface area contributed by atoms with E-state index in [1.54, 1.807) is 5.57 Å². The summed E-state index contributed by atoms with van der Waals surface area (Å²) >= 11 is 0. The van der Waals surface area contributed by atoms with Gasteiger partial charge in [-0.3, -0.25) is 4.90 Å². The second kappa shape index (κ2) is 4.89. The van der Waals surface area contributed by atoms with E-state index in [0.717, 1.165) is 6.61 Å². The number of rotatable bonds is 6. The van der Waals surface area contributed by atoms with Crippen LogP contribution >= 0.6 is 0 Å². The smallest absolute Gasteiger partial charge is 0.0526 e. The lowest BCUT2D eigenvalue weighted by atomic mass is 9.81. The van der Waals surface area contributed by atoms with Gasteiger partial charge in [-0.1, -0.05) is 11.6 Å². The highest BCUT2D eigenvalue weighted by molar-refractivity contribution is 5.22. The van der Waals surface area contributed by atoms with E-state index >= 15 is 0 Å². The van der Waals surface area contributed by atoms with Gasteiger partial charge in [0.05, 0.1) is 12.7 Å². The molecule has 108 valence electrons. The van der Waals surface area contributed by atoms with Crippen LogP contribution in [-0.2, 0) is 4.74 Å². The number of nitrogens with zero attached hydrogens (tertiary/aromatic N) is 1. The minimum atomic E-state index is 0.384. The highest BCUT2D eigenvalue weighted by Gasteiger charge is 2.46. The van der Waals surface area contributed by atoms with Crippen LogP contribution in [0.5, 0.6) is 0 Å². The Hall–Kier alpha value is -0.340. The molecule has 3 aliphatic rings. The Labute approximate surface area is 118 Å². The Kier molecular flexibility index (Phi) is 3.51. The van der Waals surface area contributed by atoms with Gasteiger partial charge < -0.3 is 4.74 Å². The normalized spacial score (nSPS) is 32.7. The summed E-state index contributed by atoms with van der Waals surface area (Å²) in [5, 5.41) is 0. The molecule has 1 spiro atoms. The van der Waals surface area contributed by atoms with Gasteiger partial charge in [-0.25, -0.2) is 0 Å². The van der Waals surface area contributed by atoms with Crippen LogP contribution in [0.25, 0.3) is 0 Å². The molecule has 1 saturated carbocycles. The first-order valence-corrected chi connectivity index (χ1v) is 8.05. The molecule has 0 aromatic heterocycles. The van der Waals surface area contributed by atoms with Crippen LogP contribution in [0.4, 0.5) is 0 Å². The molecular weight excluding hydrogens is 234 g/mol. The average Bonchev–Trinajstić information content (AvgIpc) is 3.02. The van der Waals surface area contributed by atoms with Crippen molar-refractivity contribution in [2.45, 2.75) is 70.4 Å². The maximum Gasteiger partial charge on any atom is 0.0526 e. The van der Waals surface area contributed by atoms with E-state index in [-0.39, 0.29) is 0 Å². The summed E-state index contributed by atoms with van der Waals surface area (Å²) in [4.78, 5) is 2.56. The Morgan fingerprint density at radius 1 is 1.32 bits per heavy atom. The monoisotopic (exact) mass is 263 g/mol. The predicted molar refractivity (Wildman–Crippen MR) is 79.3 cm³/mol. The molecule has 0 aromatic carbocycles. The Balaban J connectivity index is 1.43. The third kappa shape index (κ3) is 2.75. The van der Waals surface area contributed by atoms with Gasteiger partial charge in [-0.2, -0.15) is 0 Å². The molecule has 1 atom stereocenters. The molecule has 1 saturated heterocycles. The van der Waals surface area contributed by atoms with Gasteiger partial charge in [0.15, 0.2) is 0 Å². The first-order chi connectivity index (χ1) is 9.04. The Bertz CT molecular complexity index is 369. The predicted octanol–water partition coefficient (Wildman–Crippen LogP) is 3.77. The molecule has 1 heterocycles. The van der Waals surface area contributed by atoms with E-state index < -0.39 is 0 Å². The maximum atomic E-state index is 5.85. The van der Waals surface area contributed by atoms with Crippen LogP contribution in [0.15, 0.2) is 11.6 Å². The summed E-state index contributed by atoms with van der Waals surface area (Å²) in [6, 6.07) is 0. The zero-order valence-electron chi connectivity index (χ0n) is 12.9. The van der Waals surface area contributed by atoms with E-state index in [1.807, 2.05) is 0 Å². The summed E-state index contributed by atoms with van der Waals surface area (Å²) in [6.07, 6.45) is 12.4. The standard InChI is InChI=1S/C17H29NO/c1-14(2)19-13-16(8-9-16)6-4-15-5-7-17(12-15)10-11-18(17)3/h5,14H,4,6-13H2,1-3H3. The molecule has 2 heteroatoms. The fraction of sp³-hybridized carbons (Fsp3) is 0.882. The van der Waals surface area contributed by atoms with E-state index in [1.165, 1.54) is 51.5 Å². The lowest BCUT2D eigenvalue weighted by Gasteiger charge is -2.49. The van der Waals surface area contributed by atoms with Gasteiger partial charge in [0.2, 0.25) is 0 Å². The van der Waals surface area contributed by atoms with Crippen molar-refractivity contribution in [2.75, 3.05) is 20.2 Å². The highest BCUT2D eigenvalue weighted by atomic mass is 16.5. The second-order valence-electron chi connectivity index (χ2n) is 7.50. The van der Waals surface area contributed by atoms with Crippen molar-refractivity contribution < 1.29 is 4.74 Å². The van der Waals surface area contributed by atoms with E-state index in [0.29, 0.717) is 17.1 Å². The topological polar surface area (TPSA) is 12.5 Å². The minimum Gasteiger partial charge on any atom is -0.378 e. The van der Waals surface area contributed by atoms with Gasteiger partial charge in [-0.05, 0) is 71.3 Å². The molecule has 2 aliphatic carbocycles. The van der Waals surface area contributed by atoms with E-state index in [4.69, 9.17) is 4.74 Å². The molecule has 0 N–H and O–H groups in total. The number of hydrogen-bond donors (Lipinski definition) is 0. The highest BCUT2D eigenvalue weighted by Crippen LogP contribution is 2.52. The third-order valence-electron chi connectivity index (χ3n) is 5.71. The molecule has 3 rings (SSSR count). The summed E-state index contributed by atoms with van der Waals surface area (Å²) in [5.41, 5.74) is 2.81. The first-order valence-electron chi connectivity index (χ1n) is 8.05. The van der Waals surface area contributed by atoms with Crippen molar-refractivity contribution in [3.8, 4) is 0 Å². The first kappa shape index (κ1) is 13.6. The summed E-state index contributed by atoms with van der Waals surface area (Å²) in [6.45, 7) is 6.58. The van der Waals surface area contributed by atoms with Gasteiger partial charge >= 0.3 is 0 Å². The van der Waals surface area contributed by atoms with Gasteiger partial charge in [0.25, 0.3) is 0 Å². The molecule has 2 nitrogen and oxygen atoms in total. The molecule has 19 heavy (non-hydrogen) atoms. The molecule has 0 amide bonds. The van der Waals surface area contributed by atoms with E-state index in [2.05, 4.69) is 31.9 Å². The fourth-order valence-corrected chi connectivity index (χ4v) is 3.64. The van der Waals surface area contributed by atoms with Crippen LogP contribution in [0.2, 0.25) is 0 Å².